The van der Waals surface area contributed by atoms with Crippen LogP contribution in [0.5, 0.6) is 0 Å². The molecule has 0 saturated heterocycles. The summed E-state index contributed by atoms with van der Waals surface area (Å²) in [4.78, 5) is 8.32. The Labute approximate surface area is 162 Å². The second kappa shape index (κ2) is 8.68. The van der Waals surface area contributed by atoms with E-state index in [4.69, 9.17) is 11.6 Å². The molecule has 0 unspecified atom stereocenters. The van der Waals surface area contributed by atoms with Crippen LogP contribution in [0.4, 0.5) is 4.39 Å². The van der Waals surface area contributed by atoms with Crippen molar-refractivity contribution >= 4 is 17.6 Å². The SMILES string of the molecule is CN=C(NCc1ccc(Cl)cc1)NCc1ccc(-n2ccnc2C)c(F)c1. The van der Waals surface area contributed by atoms with Gasteiger partial charge in [-0.3, -0.25) is 4.99 Å². The minimum Gasteiger partial charge on any atom is -0.352 e. The largest absolute Gasteiger partial charge is 0.352 e. The summed E-state index contributed by atoms with van der Waals surface area (Å²) in [5, 5.41) is 7.11. The van der Waals surface area contributed by atoms with Gasteiger partial charge in [0, 0.05) is 37.6 Å². The molecule has 0 fully saturated rings. The van der Waals surface area contributed by atoms with Gasteiger partial charge in [-0.05, 0) is 42.3 Å². The number of nitrogens with zero attached hydrogens (tertiary/aromatic N) is 3. The van der Waals surface area contributed by atoms with E-state index in [0.29, 0.717) is 29.8 Å². The topological polar surface area (TPSA) is 54.2 Å². The number of halogens is 2. The van der Waals surface area contributed by atoms with Gasteiger partial charge in [0.15, 0.2) is 5.96 Å². The third kappa shape index (κ3) is 4.86. The van der Waals surface area contributed by atoms with E-state index in [-0.39, 0.29) is 5.82 Å². The average Bonchev–Trinajstić information content (AvgIpc) is 3.09. The maximum atomic E-state index is 14.5. The summed E-state index contributed by atoms with van der Waals surface area (Å²) in [5.41, 5.74) is 2.40. The first-order chi connectivity index (χ1) is 13.1. The third-order valence-corrected chi connectivity index (χ3v) is 4.41. The lowest BCUT2D eigenvalue weighted by molar-refractivity contribution is 0.613. The fraction of sp³-hybridized carbons (Fsp3) is 0.200. The molecule has 0 aliphatic carbocycles. The molecule has 3 aromatic rings. The molecule has 0 aliphatic heterocycles. The highest BCUT2D eigenvalue weighted by molar-refractivity contribution is 6.30. The number of guanidine groups is 1. The molecule has 0 saturated carbocycles. The van der Waals surface area contributed by atoms with Crippen LogP contribution in [0, 0.1) is 12.7 Å². The van der Waals surface area contributed by atoms with Crippen LogP contribution < -0.4 is 10.6 Å². The zero-order chi connectivity index (χ0) is 19.2. The summed E-state index contributed by atoms with van der Waals surface area (Å²) in [6, 6.07) is 12.8. The number of nitrogens with one attached hydrogen (secondary N) is 2. The molecule has 1 heterocycles. The molecule has 0 atom stereocenters. The minimum atomic E-state index is -0.292. The van der Waals surface area contributed by atoms with Crippen LogP contribution in [0.2, 0.25) is 5.02 Å². The predicted molar refractivity (Wildman–Crippen MR) is 107 cm³/mol. The molecule has 2 N–H and O–H groups in total. The van der Waals surface area contributed by atoms with Gasteiger partial charge in [-0.1, -0.05) is 29.8 Å². The first-order valence-corrected chi connectivity index (χ1v) is 8.92. The fourth-order valence-corrected chi connectivity index (χ4v) is 2.81. The highest BCUT2D eigenvalue weighted by Gasteiger charge is 2.08. The Morgan fingerprint density at radius 2 is 1.78 bits per heavy atom. The van der Waals surface area contributed by atoms with Crippen LogP contribution in [0.3, 0.4) is 0 Å². The molecule has 0 spiro atoms. The number of benzene rings is 2. The molecule has 5 nitrogen and oxygen atoms in total. The Bertz CT molecular complexity index is 934. The third-order valence-electron chi connectivity index (χ3n) is 4.15. The summed E-state index contributed by atoms with van der Waals surface area (Å²) in [6.45, 7) is 2.91. The Morgan fingerprint density at radius 3 is 2.37 bits per heavy atom. The van der Waals surface area contributed by atoms with Crippen LogP contribution in [0.1, 0.15) is 17.0 Å². The Kier molecular flexibility index (Phi) is 6.08. The van der Waals surface area contributed by atoms with E-state index in [0.717, 1.165) is 17.0 Å². The lowest BCUT2D eigenvalue weighted by atomic mass is 10.2. The summed E-state index contributed by atoms with van der Waals surface area (Å²) in [7, 11) is 1.70. The molecule has 140 valence electrons. The molecule has 0 amide bonds. The molecule has 0 bridgehead atoms. The number of imidazole rings is 1. The summed E-state index contributed by atoms with van der Waals surface area (Å²) >= 11 is 5.89. The zero-order valence-corrected chi connectivity index (χ0v) is 16.0. The zero-order valence-electron chi connectivity index (χ0n) is 15.2. The maximum absolute atomic E-state index is 14.5. The van der Waals surface area contributed by atoms with Crippen molar-refractivity contribution in [3.8, 4) is 5.69 Å². The van der Waals surface area contributed by atoms with Crippen molar-refractivity contribution in [2.24, 2.45) is 4.99 Å². The molecule has 7 heteroatoms. The monoisotopic (exact) mass is 385 g/mol. The fourth-order valence-electron chi connectivity index (χ4n) is 2.68. The van der Waals surface area contributed by atoms with E-state index in [1.54, 1.807) is 30.1 Å². The van der Waals surface area contributed by atoms with E-state index < -0.39 is 0 Å². The second-order valence-electron chi connectivity index (χ2n) is 6.04. The first kappa shape index (κ1) is 18.9. The van der Waals surface area contributed by atoms with Gasteiger partial charge in [-0.2, -0.15) is 0 Å². The van der Waals surface area contributed by atoms with Gasteiger partial charge >= 0.3 is 0 Å². The van der Waals surface area contributed by atoms with Gasteiger partial charge in [-0.25, -0.2) is 9.37 Å². The Morgan fingerprint density at radius 1 is 1.11 bits per heavy atom. The van der Waals surface area contributed by atoms with Crippen molar-refractivity contribution < 1.29 is 4.39 Å². The Hall–Kier alpha value is -2.86. The molecular formula is C20H21ClFN5. The lowest BCUT2D eigenvalue weighted by Crippen LogP contribution is -2.36. The van der Waals surface area contributed by atoms with Crippen LogP contribution in [0.25, 0.3) is 5.69 Å². The first-order valence-electron chi connectivity index (χ1n) is 8.54. The van der Waals surface area contributed by atoms with Crippen LogP contribution in [0.15, 0.2) is 59.9 Å². The van der Waals surface area contributed by atoms with Crippen molar-refractivity contribution in [2.45, 2.75) is 20.0 Å². The van der Waals surface area contributed by atoms with Crippen LogP contribution in [-0.2, 0) is 13.1 Å². The van der Waals surface area contributed by atoms with E-state index in [1.807, 2.05) is 37.3 Å². The highest BCUT2D eigenvalue weighted by Crippen LogP contribution is 2.16. The van der Waals surface area contributed by atoms with E-state index in [1.165, 1.54) is 6.07 Å². The number of hydrogen-bond acceptors (Lipinski definition) is 2. The van der Waals surface area contributed by atoms with Crippen LogP contribution in [-0.4, -0.2) is 22.6 Å². The molecule has 0 radical (unpaired) electrons. The number of aryl methyl sites for hydroxylation is 1. The molecule has 0 aliphatic rings. The quantitative estimate of drug-likeness (QED) is 0.518. The lowest BCUT2D eigenvalue weighted by Gasteiger charge is -2.13. The number of rotatable bonds is 5. The number of aliphatic imine (C=N–C) groups is 1. The minimum absolute atomic E-state index is 0.292. The van der Waals surface area contributed by atoms with E-state index in [9.17, 15) is 4.39 Å². The smallest absolute Gasteiger partial charge is 0.191 e. The van der Waals surface area contributed by atoms with E-state index in [2.05, 4.69) is 20.6 Å². The van der Waals surface area contributed by atoms with Crippen molar-refractivity contribution in [2.75, 3.05) is 7.05 Å². The van der Waals surface area contributed by atoms with Gasteiger partial charge in [0.2, 0.25) is 0 Å². The van der Waals surface area contributed by atoms with Crippen molar-refractivity contribution in [1.82, 2.24) is 20.2 Å². The molecule has 3 rings (SSSR count). The second-order valence-corrected chi connectivity index (χ2v) is 6.47. The molecule has 2 aromatic carbocycles. The van der Waals surface area contributed by atoms with Gasteiger partial charge in [0.25, 0.3) is 0 Å². The van der Waals surface area contributed by atoms with Crippen molar-refractivity contribution in [3.05, 3.63) is 82.6 Å². The highest BCUT2D eigenvalue weighted by atomic mass is 35.5. The predicted octanol–water partition coefficient (Wildman–Crippen LogP) is 3.84. The van der Waals surface area contributed by atoms with Crippen molar-refractivity contribution in [3.63, 3.8) is 0 Å². The molecular weight excluding hydrogens is 365 g/mol. The maximum Gasteiger partial charge on any atom is 0.191 e. The summed E-state index contributed by atoms with van der Waals surface area (Å²) in [6.07, 6.45) is 3.40. The van der Waals surface area contributed by atoms with Crippen molar-refractivity contribution in [1.29, 1.82) is 0 Å². The van der Waals surface area contributed by atoms with Gasteiger partial charge in [0.05, 0.1) is 5.69 Å². The Balaban J connectivity index is 1.59. The van der Waals surface area contributed by atoms with Gasteiger partial charge in [-0.15, -0.1) is 0 Å². The van der Waals surface area contributed by atoms with E-state index >= 15 is 0 Å². The summed E-state index contributed by atoms with van der Waals surface area (Å²) < 4.78 is 16.2. The average molecular weight is 386 g/mol. The van der Waals surface area contributed by atoms with Gasteiger partial charge < -0.3 is 15.2 Å². The summed E-state index contributed by atoms with van der Waals surface area (Å²) in [5.74, 6) is 1.09. The molecule has 1 aromatic heterocycles. The number of aromatic nitrogens is 2. The molecule has 27 heavy (non-hydrogen) atoms. The standard InChI is InChI=1S/C20H21ClFN5/c1-14-24-9-10-27(14)19-8-5-16(11-18(19)22)13-26-20(23-2)25-12-15-3-6-17(21)7-4-15/h3-11H,12-13H2,1-2H3,(H2,23,25,26). The normalized spacial score (nSPS) is 11.5. The van der Waals surface area contributed by atoms with Gasteiger partial charge in [0.1, 0.15) is 11.6 Å². The van der Waals surface area contributed by atoms with Crippen LogP contribution >= 0.6 is 11.6 Å². The number of hydrogen-bond donors (Lipinski definition) is 2.